The largest absolute Gasteiger partial charge is 0.456 e. The van der Waals surface area contributed by atoms with Crippen molar-refractivity contribution < 1.29 is 4.42 Å². The van der Waals surface area contributed by atoms with Crippen LogP contribution >= 0.6 is 23.2 Å². The number of nitrogens with zero attached hydrogens (tertiary/aromatic N) is 2. The first-order valence-corrected chi connectivity index (χ1v) is 11.0. The van der Waals surface area contributed by atoms with Gasteiger partial charge in [0.05, 0.1) is 16.8 Å². The molecular formula is C27H21Cl2N2O+. The Morgan fingerprint density at radius 3 is 2.31 bits per heavy atom. The van der Waals surface area contributed by atoms with Gasteiger partial charge in [0.15, 0.2) is 0 Å². The van der Waals surface area contributed by atoms with E-state index in [4.69, 9.17) is 27.6 Å². The number of anilines is 2. The van der Waals surface area contributed by atoms with Gasteiger partial charge in [0.1, 0.15) is 23.4 Å². The van der Waals surface area contributed by atoms with Crippen LogP contribution < -0.4 is 14.8 Å². The van der Waals surface area contributed by atoms with Crippen molar-refractivity contribution in [1.29, 1.82) is 0 Å². The van der Waals surface area contributed by atoms with Crippen LogP contribution in [0.15, 0.2) is 95.4 Å². The third-order valence-electron chi connectivity index (χ3n) is 5.73. The van der Waals surface area contributed by atoms with E-state index in [0.717, 1.165) is 44.7 Å². The first-order chi connectivity index (χ1) is 15.5. The van der Waals surface area contributed by atoms with E-state index in [0.29, 0.717) is 10.0 Å². The lowest BCUT2D eigenvalue weighted by Crippen LogP contribution is -2.21. The molecule has 0 bridgehead atoms. The second-order valence-electron chi connectivity index (χ2n) is 7.71. The van der Waals surface area contributed by atoms with Crippen LogP contribution in [0.25, 0.3) is 22.3 Å². The van der Waals surface area contributed by atoms with Crippen molar-refractivity contribution >= 4 is 51.2 Å². The highest BCUT2D eigenvalue weighted by Gasteiger charge is 2.14. The quantitative estimate of drug-likeness (QED) is 0.207. The fourth-order valence-electron chi connectivity index (χ4n) is 3.89. The number of fused-ring (bicyclic) bond motifs is 2. The van der Waals surface area contributed by atoms with Gasteiger partial charge in [0.2, 0.25) is 11.0 Å². The van der Waals surface area contributed by atoms with E-state index in [1.54, 1.807) is 0 Å². The molecule has 5 heteroatoms. The summed E-state index contributed by atoms with van der Waals surface area (Å²) in [7, 11) is 4.00. The minimum atomic E-state index is 0.706. The zero-order valence-corrected chi connectivity index (χ0v) is 19.2. The molecule has 2 aliphatic rings. The summed E-state index contributed by atoms with van der Waals surface area (Å²) in [4.78, 5) is 2.06. The van der Waals surface area contributed by atoms with Crippen molar-refractivity contribution in [3.8, 4) is 11.3 Å². The van der Waals surface area contributed by atoms with E-state index >= 15 is 0 Å². The lowest BCUT2D eigenvalue weighted by atomic mass is 10.1. The number of benzene rings is 4. The zero-order valence-electron chi connectivity index (χ0n) is 17.7. The van der Waals surface area contributed by atoms with Crippen LogP contribution in [0, 0.1) is 0 Å². The number of hydrogen-bond donors (Lipinski definition) is 0. The molecule has 0 saturated heterocycles. The third kappa shape index (κ3) is 3.75. The number of hydrogen-bond acceptors (Lipinski definition) is 2. The Morgan fingerprint density at radius 1 is 0.781 bits per heavy atom. The van der Waals surface area contributed by atoms with Gasteiger partial charge < -0.3 is 9.32 Å². The number of rotatable bonds is 3. The van der Waals surface area contributed by atoms with Crippen LogP contribution in [0.3, 0.4) is 0 Å². The average molecular weight is 460 g/mol. The molecule has 158 valence electrons. The van der Waals surface area contributed by atoms with Crippen LogP contribution in [-0.2, 0) is 0 Å². The first kappa shape index (κ1) is 20.6. The molecule has 3 aromatic rings. The third-order valence-corrected chi connectivity index (χ3v) is 6.37. The Kier molecular flexibility index (Phi) is 5.38. The Balaban J connectivity index is 1.63. The molecule has 0 N–H and O–H groups in total. The highest BCUT2D eigenvalue weighted by atomic mass is 35.5. The summed E-state index contributed by atoms with van der Waals surface area (Å²) in [5.41, 5.74) is 4.74. The lowest BCUT2D eigenvalue weighted by Gasteiger charge is -2.21. The van der Waals surface area contributed by atoms with Crippen molar-refractivity contribution in [3.63, 3.8) is 0 Å². The molecule has 3 nitrogen and oxygen atoms in total. The van der Waals surface area contributed by atoms with Gasteiger partial charge in [-0.15, -0.1) is 0 Å². The van der Waals surface area contributed by atoms with Crippen molar-refractivity contribution in [3.05, 3.63) is 106 Å². The normalized spacial score (nSPS) is 12.2. The van der Waals surface area contributed by atoms with Crippen LogP contribution in [0.1, 0.15) is 0 Å². The van der Waals surface area contributed by atoms with Gasteiger partial charge in [-0.2, -0.15) is 4.58 Å². The second-order valence-corrected chi connectivity index (χ2v) is 8.53. The van der Waals surface area contributed by atoms with Gasteiger partial charge >= 0.3 is 0 Å². The molecule has 5 rings (SSSR count). The molecule has 0 radical (unpaired) electrons. The SMILES string of the molecule is CN(c1ccc2cc3ccc(=[N+](C)c4ccccc4Cl)cc-3oc2c1)c1ccccc1Cl. The smallest absolute Gasteiger partial charge is 0.224 e. The Bertz CT molecular complexity index is 1490. The van der Waals surface area contributed by atoms with Gasteiger partial charge in [-0.3, -0.25) is 0 Å². The van der Waals surface area contributed by atoms with Crippen LogP contribution in [-0.4, -0.2) is 14.1 Å². The summed E-state index contributed by atoms with van der Waals surface area (Å²) in [5, 5.41) is 3.45. The summed E-state index contributed by atoms with van der Waals surface area (Å²) >= 11 is 12.8. The molecule has 0 fully saturated rings. The van der Waals surface area contributed by atoms with Crippen molar-refractivity contribution in [2.24, 2.45) is 0 Å². The topological polar surface area (TPSA) is 19.4 Å². The van der Waals surface area contributed by atoms with Crippen LogP contribution in [0.4, 0.5) is 17.1 Å². The molecule has 0 saturated carbocycles. The van der Waals surface area contributed by atoms with Crippen molar-refractivity contribution in [2.45, 2.75) is 0 Å². The molecule has 0 aromatic heterocycles. The Morgan fingerprint density at radius 2 is 1.53 bits per heavy atom. The predicted octanol–water partition coefficient (Wildman–Crippen LogP) is 7.35. The average Bonchev–Trinajstić information content (AvgIpc) is 2.82. The Hall–Kier alpha value is -3.27. The summed E-state index contributed by atoms with van der Waals surface area (Å²) < 4.78 is 8.40. The van der Waals surface area contributed by atoms with E-state index < -0.39 is 0 Å². The van der Waals surface area contributed by atoms with Gasteiger partial charge in [0, 0.05) is 41.9 Å². The maximum Gasteiger partial charge on any atom is 0.224 e. The molecule has 1 aliphatic heterocycles. The van der Waals surface area contributed by atoms with Gasteiger partial charge in [0.25, 0.3) is 0 Å². The van der Waals surface area contributed by atoms with E-state index in [1.807, 2.05) is 74.8 Å². The predicted molar refractivity (Wildman–Crippen MR) is 135 cm³/mol. The maximum atomic E-state index is 6.39. The van der Waals surface area contributed by atoms with Crippen LogP contribution in [0.5, 0.6) is 0 Å². The lowest BCUT2D eigenvalue weighted by molar-refractivity contribution is 0.617. The van der Waals surface area contributed by atoms with E-state index in [9.17, 15) is 0 Å². The van der Waals surface area contributed by atoms with E-state index in [1.165, 1.54) is 0 Å². The van der Waals surface area contributed by atoms with E-state index in [-0.39, 0.29) is 0 Å². The number of para-hydroxylation sites is 2. The minimum Gasteiger partial charge on any atom is -0.456 e. The highest BCUT2D eigenvalue weighted by Crippen LogP contribution is 2.34. The van der Waals surface area contributed by atoms with Gasteiger partial charge in [-0.25, -0.2) is 0 Å². The first-order valence-electron chi connectivity index (χ1n) is 10.3. The highest BCUT2D eigenvalue weighted by molar-refractivity contribution is 6.33. The molecule has 32 heavy (non-hydrogen) atoms. The standard InChI is InChI=1S/C27H21Cl2N2O/c1-30(24-9-5-3-7-22(24)28)20-13-11-18-15-19-12-14-21(17-27(19)32-26(18)16-20)31(2)25-10-6-4-8-23(25)29/h3-17H,1-2H3/q+1. The van der Waals surface area contributed by atoms with Gasteiger partial charge in [-0.05, 0) is 42.5 Å². The maximum absolute atomic E-state index is 6.39. The second kappa shape index (κ2) is 8.34. The summed E-state index contributed by atoms with van der Waals surface area (Å²) in [6.45, 7) is 0. The van der Waals surface area contributed by atoms with Crippen molar-refractivity contribution in [1.82, 2.24) is 4.58 Å². The monoisotopic (exact) mass is 459 g/mol. The molecule has 0 atom stereocenters. The molecular weight excluding hydrogens is 439 g/mol. The molecule has 1 aliphatic carbocycles. The van der Waals surface area contributed by atoms with E-state index in [2.05, 4.69) is 39.8 Å². The molecule has 0 spiro atoms. The molecule has 3 aromatic carbocycles. The minimum absolute atomic E-state index is 0.706. The summed E-state index contributed by atoms with van der Waals surface area (Å²) in [5.74, 6) is 0.812. The molecule has 0 amide bonds. The van der Waals surface area contributed by atoms with Crippen LogP contribution in [0.2, 0.25) is 10.0 Å². The van der Waals surface area contributed by atoms with Gasteiger partial charge in [-0.1, -0.05) is 47.5 Å². The molecule has 0 unspecified atom stereocenters. The summed E-state index contributed by atoms with van der Waals surface area (Å²) in [6, 6.07) is 30.1. The molecule has 1 heterocycles. The fraction of sp³-hybridized carbons (Fsp3) is 0.0741. The van der Waals surface area contributed by atoms with Crippen molar-refractivity contribution in [2.75, 3.05) is 19.0 Å². The zero-order chi connectivity index (χ0) is 22.2. The Labute approximate surface area is 196 Å². The number of halogens is 2. The fourth-order valence-corrected chi connectivity index (χ4v) is 4.42. The summed E-state index contributed by atoms with van der Waals surface area (Å²) in [6.07, 6.45) is 0.